The molecule has 2 rings (SSSR count). The molecule has 0 saturated carbocycles. The molecule has 13 heavy (non-hydrogen) atoms. The van der Waals surface area contributed by atoms with E-state index in [9.17, 15) is 0 Å². The van der Waals surface area contributed by atoms with Gasteiger partial charge in [0, 0.05) is 23.5 Å². The number of nitrogens with zero attached hydrogens (tertiary/aromatic N) is 1. The first-order valence-electron chi connectivity index (χ1n) is 4.05. The van der Waals surface area contributed by atoms with E-state index in [2.05, 4.69) is 4.98 Å². The van der Waals surface area contributed by atoms with Gasteiger partial charge in [-0.25, -0.2) is 0 Å². The van der Waals surface area contributed by atoms with E-state index in [1.807, 2.05) is 30.4 Å². The molecule has 1 heterocycles. The zero-order valence-corrected chi connectivity index (χ0v) is 7.01. The van der Waals surface area contributed by atoms with Gasteiger partial charge in [-0.3, -0.25) is 4.98 Å². The fourth-order valence-corrected chi connectivity index (χ4v) is 1.32. The van der Waals surface area contributed by atoms with Crippen molar-refractivity contribution in [3.05, 3.63) is 54.1 Å². The Labute approximate surface area is 76.6 Å². The Hall–Kier alpha value is -1.83. The Morgan fingerprint density at radius 1 is 1.23 bits per heavy atom. The molecule has 1 aromatic rings. The lowest BCUT2D eigenvalue weighted by atomic mass is 10.0. The zero-order valence-electron chi connectivity index (χ0n) is 7.01. The molecule has 0 aromatic carbocycles. The number of rotatable bonds is 0. The van der Waals surface area contributed by atoms with E-state index in [0.29, 0.717) is 0 Å². The molecule has 0 unspecified atom stereocenters. The van der Waals surface area contributed by atoms with Crippen molar-refractivity contribution in [2.24, 2.45) is 0 Å². The van der Waals surface area contributed by atoms with Gasteiger partial charge in [0.25, 0.3) is 0 Å². The summed E-state index contributed by atoms with van der Waals surface area (Å²) in [6.45, 7) is 0. The van der Waals surface area contributed by atoms with Crippen LogP contribution in [0.15, 0.2) is 43.0 Å². The molecule has 2 nitrogen and oxygen atoms in total. The van der Waals surface area contributed by atoms with E-state index in [-0.39, 0.29) is 0 Å². The van der Waals surface area contributed by atoms with Crippen LogP contribution in [0.25, 0.3) is 11.6 Å². The predicted molar refractivity (Wildman–Crippen MR) is 53.0 cm³/mol. The van der Waals surface area contributed by atoms with Gasteiger partial charge in [0.05, 0.1) is 6.26 Å². The lowest BCUT2D eigenvalue weighted by molar-refractivity contribution is 0.476. The fraction of sp³-hybridized carbons (Fsp3) is 0. The van der Waals surface area contributed by atoms with Crippen LogP contribution in [-0.4, -0.2) is 10.1 Å². The molecule has 0 bridgehead atoms. The Bertz CT molecular complexity index is 402. The van der Waals surface area contributed by atoms with Crippen molar-refractivity contribution in [2.75, 3.05) is 0 Å². The SMILES string of the molecule is OC=C1C=CC=Cc2cnccc21. The van der Waals surface area contributed by atoms with Crippen molar-refractivity contribution in [3.63, 3.8) is 0 Å². The summed E-state index contributed by atoms with van der Waals surface area (Å²) < 4.78 is 0. The van der Waals surface area contributed by atoms with Crippen LogP contribution in [0.3, 0.4) is 0 Å². The highest BCUT2D eigenvalue weighted by molar-refractivity contribution is 5.81. The minimum absolute atomic E-state index is 0.808. The summed E-state index contributed by atoms with van der Waals surface area (Å²) in [5, 5.41) is 9.00. The van der Waals surface area contributed by atoms with Gasteiger partial charge in [0.1, 0.15) is 0 Å². The number of pyridine rings is 1. The van der Waals surface area contributed by atoms with Crippen molar-refractivity contribution in [2.45, 2.75) is 0 Å². The van der Waals surface area contributed by atoms with Crippen LogP contribution in [0.5, 0.6) is 0 Å². The average Bonchev–Trinajstić information content (AvgIpc) is 2.39. The predicted octanol–water partition coefficient (Wildman–Crippen LogP) is 2.56. The summed E-state index contributed by atoms with van der Waals surface area (Å²) in [5.41, 5.74) is 2.83. The lowest BCUT2D eigenvalue weighted by Gasteiger charge is -2.02. The Morgan fingerprint density at radius 2 is 2.08 bits per heavy atom. The first-order valence-corrected chi connectivity index (χ1v) is 4.05. The van der Waals surface area contributed by atoms with Crippen molar-refractivity contribution < 1.29 is 5.11 Å². The number of hydrogen-bond acceptors (Lipinski definition) is 2. The van der Waals surface area contributed by atoms with Gasteiger partial charge >= 0.3 is 0 Å². The van der Waals surface area contributed by atoms with Crippen molar-refractivity contribution in [3.8, 4) is 0 Å². The molecule has 0 fully saturated rings. The second-order valence-electron chi connectivity index (χ2n) is 2.77. The van der Waals surface area contributed by atoms with Crippen LogP contribution in [0.4, 0.5) is 0 Å². The first kappa shape index (κ1) is 7.80. The fourth-order valence-electron chi connectivity index (χ4n) is 1.32. The molecule has 2 heteroatoms. The zero-order chi connectivity index (χ0) is 9.10. The topological polar surface area (TPSA) is 33.1 Å². The number of aromatic nitrogens is 1. The number of allylic oxidation sites excluding steroid dienone is 4. The van der Waals surface area contributed by atoms with Gasteiger partial charge in [-0.05, 0) is 11.6 Å². The van der Waals surface area contributed by atoms with E-state index < -0.39 is 0 Å². The molecular formula is C11H9NO. The van der Waals surface area contributed by atoms with Crippen LogP contribution in [0.1, 0.15) is 11.1 Å². The molecule has 0 spiro atoms. The molecule has 0 saturated heterocycles. The highest BCUT2D eigenvalue weighted by Gasteiger charge is 2.04. The molecule has 0 atom stereocenters. The smallest absolute Gasteiger partial charge is 0.0870 e. The van der Waals surface area contributed by atoms with E-state index >= 15 is 0 Å². The maximum atomic E-state index is 9.00. The standard InChI is InChI=1S/C11H9NO/c13-8-10-4-2-1-3-9-7-12-6-5-11(9)10/h1-8,13H. The van der Waals surface area contributed by atoms with Crippen LogP contribution in [0, 0.1) is 0 Å². The largest absolute Gasteiger partial charge is 0.515 e. The summed E-state index contributed by atoms with van der Waals surface area (Å²) in [7, 11) is 0. The van der Waals surface area contributed by atoms with Crippen molar-refractivity contribution >= 4 is 11.6 Å². The van der Waals surface area contributed by atoms with Crippen LogP contribution < -0.4 is 0 Å². The number of hydrogen-bond donors (Lipinski definition) is 1. The molecule has 1 aliphatic rings. The minimum atomic E-state index is 0.808. The van der Waals surface area contributed by atoms with Gasteiger partial charge in [-0.2, -0.15) is 0 Å². The van der Waals surface area contributed by atoms with Crippen molar-refractivity contribution in [1.29, 1.82) is 0 Å². The van der Waals surface area contributed by atoms with Gasteiger partial charge in [0.15, 0.2) is 0 Å². The second-order valence-corrected chi connectivity index (χ2v) is 2.77. The average molecular weight is 171 g/mol. The molecular weight excluding hydrogens is 162 g/mol. The molecule has 1 N–H and O–H groups in total. The Balaban J connectivity index is 2.64. The Kier molecular flexibility index (Phi) is 1.96. The number of aliphatic hydroxyl groups excluding tert-OH is 1. The first-order chi connectivity index (χ1) is 6.42. The van der Waals surface area contributed by atoms with Crippen LogP contribution >= 0.6 is 0 Å². The summed E-state index contributed by atoms with van der Waals surface area (Å²) >= 11 is 0. The van der Waals surface area contributed by atoms with E-state index in [0.717, 1.165) is 23.0 Å². The minimum Gasteiger partial charge on any atom is -0.515 e. The molecule has 0 radical (unpaired) electrons. The monoisotopic (exact) mass is 171 g/mol. The number of aliphatic hydroxyl groups is 1. The highest BCUT2D eigenvalue weighted by atomic mass is 16.2. The van der Waals surface area contributed by atoms with Gasteiger partial charge in [-0.15, -0.1) is 0 Å². The summed E-state index contributed by atoms with van der Waals surface area (Å²) in [5.74, 6) is 0. The third-order valence-electron chi connectivity index (χ3n) is 1.96. The van der Waals surface area contributed by atoms with Crippen molar-refractivity contribution in [1.82, 2.24) is 4.98 Å². The van der Waals surface area contributed by atoms with Gasteiger partial charge in [-0.1, -0.05) is 24.3 Å². The molecule has 0 amide bonds. The maximum Gasteiger partial charge on any atom is 0.0870 e. The normalized spacial score (nSPS) is 17.1. The third-order valence-corrected chi connectivity index (χ3v) is 1.96. The van der Waals surface area contributed by atoms with Gasteiger partial charge < -0.3 is 5.11 Å². The second kappa shape index (κ2) is 3.27. The van der Waals surface area contributed by atoms with E-state index in [1.165, 1.54) is 0 Å². The summed E-state index contributed by atoms with van der Waals surface area (Å²) in [6.07, 6.45) is 12.3. The quantitative estimate of drug-likeness (QED) is 0.608. The Morgan fingerprint density at radius 3 is 2.92 bits per heavy atom. The third kappa shape index (κ3) is 1.38. The number of fused-ring (bicyclic) bond motifs is 1. The summed E-state index contributed by atoms with van der Waals surface area (Å²) in [6, 6.07) is 1.89. The van der Waals surface area contributed by atoms with E-state index in [4.69, 9.17) is 5.11 Å². The van der Waals surface area contributed by atoms with Gasteiger partial charge in [0.2, 0.25) is 0 Å². The molecule has 64 valence electrons. The maximum absolute atomic E-state index is 9.00. The van der Waals surface area contributed by atoms with Crippen LogP contribution in [-0.2, 0) is 0 Å². The van der Waals surface area contributed by atoms with E-state index in [1.54, 1.807) is 12.4 Å². The molecule has 1 aromatic heterocycles. The lowest BCUT2D eigenvalue weighted by Crippen LogP contribution is -1.86. The molecule has 1 aliphatic carbocycles. The summed E-state index contributed by atoms with van der Waals surface area (Å²) in [4.78, 5) is 4.02. The van der Waals surface area contributed by atoms with Crippen LogP contribution in [0.2, 0.25) is 0 Å². The highest BCUT2D eigenvalue weighted by Crippen LogP contribution is 2.22. The molecule has 0 aliphatic heterocycles.